The molecule has 0 saturated heterocycles. The molecule has 0 spiro atoms. The first-order chi connectivity index (χ1) is 12.9. The van der Waals surface area contributed by atoms with E-state index in [1.807, 2.05) is 0 Å². The van der Waals surface area contributed by atoms with E-state index in [2.05, 4.69) is 10.6 Å². The Hall–Kier alpha value is -3.42. The number of benzene rings is 2. The SMILES string of the molecule is CNC(=O)NC(=O)[C@@H](OC(=O)Cc1ccc(OC)c(F)c1)c1ccccc1. The van der Waals surface area contributed by atoms with Crippen LogP contribution in [0.15, 0.2) is 48.5 Å². The third-order valence-corrected chi connectivity index (χ3v) is 3.62. The zero-order valence-corrected chi connectivity index (χ0v) is 14.8. The van der Waals surface area contributed by atoms with Gasteiger partial charge in [-0.05, 0) is 17.7 Å². The molecule has 2 rings (SSSR count). The smallest absolute Gasteiger partial charge is 0.321 e. The summed E-state index contributed by atoms with van der Waals surface area (Å²) in [6.45, 7) is 0. The number of urea groups is 1. The second kappa shape index (κ2) is 9.33. The highest BCUT2D eigenvalue weighted by Gasteiger charge is 2.26. The lowest BCUT2D eigenvalue weighted by Gasteiger charge is -2.17. The van der Waals surface area contributed by atoms with E-state index >= 15 is 0 Å². The minimum absolute atomic E-state index is 0.0548. The monoisotopic (exact) mass is 374 g/mol. The largest absolute Gasteiger partial charge is 0.494 e. The van der Waals surface area contributed by atoms with Crippen LogP contribution in [-0.4, -0.2) is 32.1 Å². The molecule has 0 aliphatic rings. The topological polar surface area (TPSA) is 93.7 Å². The van der Waals surface area contributed by atoms with Crippen LogP contribution >= 0.6 is 0 Å². The van der Waals surface area contributed by atoms with Crippen molar-refractivity contribution in [3.63, 3.8) is 0 Å². The molecule has 0 heterocycles. The van der Waals surface area contributed by atoms with Crippen LogP contribution in [0.3, 0.4) is 0 Å². The molecule has 8 heteroatoms. The van der Waals surface area contributed by atoms with Crippen LogP contribution in [0.25, 0.3) is 0 Å². The highest BCUT2D eigenvalue weighted by atomic mass is 19.1. The zero-order chi connectivity index (χ0) is 19.8. The van der Waals surface area contributed by atoms with Crippen LogP contribution in [0.1, 0.15) is 17.2 Å². The van der Waals surface area contributed by atoms with Crippen LogP contribution in [0.4, 0.5) is 9.18 Å². The van der Waals surface area contributed by atoms with Crippen LogP contribution in [-0.2, 0) is 20.7 Å². The first kappa shape index (κ1) is 19.9. The Balaban J connectivity index is 2.14. The molecule has 2 N–H and O–H groups in total. The van der Waals surface area contributed by atoms with Crippen LogP contribution < -0.4 is 15.4 Å². The van der Waals surface area contributed by atoms with Gasteiger partial charge in [0.2, 0.25) is 6.10 Å². The van der Waals surface area contributed by atoms with E-state index in [1.165, 1.54) is 26.3 Å². The summed E-state index contributed by atoms with van der Waals surface area (Å²) in [6.07, 6.45) is -1.57. The molecular weight excluding hydrogens is 355 g/mol. The van der Waals surface area contributed by atoms with Crippen molar-refractivity contribution < 1.29 is 28.2 Å². The van der Waals surface area contributed by atoms with Crippen molar-refractivity contribution in [2.24, 2.45) is 0 Å². The summed E-state index contributed by atoms with van der Waals surface area (Å²) in [7, 11) is 2.69. The Bertz CT molecular complexity index is 826. The predicted molar refractivity (Wildman–Crippen MR) is 94.5 cm³/mol. The molecule has 0 aromatic heterocycles. The molecule has 0 radical (unpaired) electrons. The number of amides is 3. The maximum absolute atomic E-state index is 13.8. The van der Waals surface area contributed by atoms with E-state index in [4.69, 9.17) is 9.47 Å². The molecule has 0 bridgehead atoms. The lowest BCUT2D eigenvalue weighted by molar-refractivity contribution is -0.155. The lowest BCUT2D eigenvalue weighted by atomic mass is 10.1. The van der Waals surface area contributed by atoms with Gasteiger partial charge in [0.15, 0.2) is 11.6 Å². The van der Waals surface area contributed by atoms with Crippen molar-refractivity contribution in [2.45, 2.75) is 12.5 Å². The maximum atomic E-state index is 13.8. The number of hydrogen-bond donors (Lipinski definition) is 2. The summed E-state index contributed by atoms with van der Waals surface area (Å²) >= 11 is 0. The zero-order valence-electron chi connectivity index (χ0n) is 14.8. The Kier molecular flexibility index (Phi) is 6.87. The first-order valence-electron chi connectivity index (χ1n) is 8.04. The van der Waals surface area contributed by atoms with E-state index in [-0.39, 0.29) is 12.2 Å². The van der Waals surface area contributed by atoms with Crippen molar-refractivity contribution in [3.8, 4) is 5.75 Å². The van der Waals surface area contributed by atoms with Crippen molar-refractivity contribution in [1.29, 1.82) is 0 Å². The second-order valence-electron chi connectivity index (χ2n) is 5.49. The molecule has 2 aromatic rings. The van der Waals surface area contributed by atoms with Crippen molar-refractivity contribution in [2.75, 3.05) is 14.2 Å². The number of carbonyl (C=O) groups is 3. The fourth-order valence-electron chi connectivity index (χ4n) is 2.30. The number of hydrogen-bond acceptors (Lipinski definition) is 5. The normalized spacial score (nSPS) is 11.2. The number of methoxy groups -OCH3 is 1. The Labute approximate surface area is 155 Å². The van der Waals surface area contributed by atoms with Gasteiger partial charge in [-0.1, -0.05) is 36.4 Å². The molecule has 0 aliphatic heterocycles. The van der Waals surface area contributed by atoms with Gasteiger partial charge in [0.05, 0.1) is 13.5 Å². The summed E-state index contributed by atoms with van der Waals surface area (Å²) in [6, 6.07) is 11.6. The van der Waals surface area contributed by atoms with Crippen molar-refractivity contribution in [3.05, 3.63) is 65.5 Å². The summed E-state index contributed by atoms with van der Waals surface area (Å²) < 4.78 is 23.8. The summed E-state index contributed by atoms with van der Waals surface area (Å²) in [5.41, 5.74) is 0.755. The molecule has 0 aliphatic carbocycles. The molecule has 7 nitrogen and oxygen atoms in total. The minimum Gasteiger partial charge on any atom is -0.494 e. The number of esters is 1. The lowest BCUT2D eigenvalue weighted by Crippen LogP contribution is -2.41. The van der Waals surface area contributed by atoms with E-state index < -0.39 is 29.8 Å². The second-order valence-corrected chi connectivity index (χ2v) is 5.49. The average Bonchev–Trinajstić information content (AvgIpc) is 2.66. The maximum Gasteiger partial charge on any atom is 0.321 e. The quantitative estimate of drug-likeness (QED) is 0.756. The van der Waals surface area contributed by atoms with Gasteiger partial charge >= 0.3 is 12.0 Å². The number of halogens is 1. The minimum atomic E-state index is -1.32. The molecule has 0 fully saturated rings. The van der Waals surface area contributed by atoms with E-state index in [9.17, 15) is 18.8 Å². The van der Waals surface area contributed by atoms with Gasteiger partial charge in [-0.15, -0.1) is 0 Å². The number of nitrogens with one attached hydrogen (secondary N) is 2. The molecule has 2 aromatic carbocycles. The molecule has 1 atom stereocenters. The van der Waals surface area contributed by atoms with Crippen LogP contribution in [0, 0.1) is 5.82 Å². The predicted octanol–water partition coefficient (Wildman–Crippen LogP) is 2.12. The third kappa shape index (κ3) is 5.53. The molecule has 0 saturated carbocycles. The number of imide groups is 1. The Morgan fingerprint density at radius 1 is 1.11 bits per heavy atom. The Morgan fingerprint density at radius 3 is 2.41 bits per heavy atom. The summed E-state index contributed by atoms with van der Waals surface area (Å²) in [5, 5.41) is 4.33. The van der Waals surface area contributed by atoms with Gasteiger partial charge in [-0.3, -0.25) is 14.9 Å². The fourth-order valence-corrected chi connectivity index (χ4v) is 2.30. The van der Waals surface area contributed by atoms with Gasteiger partial charge in [0.25, 0.3) is 5.91 Å². The van der Waals surface area contributed by atoms with E-state index in [0.29, 0.717) is 11.1 Å². The summed E-state index contributed by atoms with van der Waals surface area (Å²) in [4.78, 5) is 36.0. The number of ether oxygens (including phenoxy) is 2. The van der Waals surface area contributed by atoms with Gasteiger partial charge in [-0.25, -0.2) is 9.18 Å². The molecule has 3 amide bonds. The standard InChI is InChI=1S/C19H19FN2O5/c1-21-19(25)22-18(24)17(13-6-4-3-5-7-13)27-16(23)11-12-8-9-15(26-2)14(20)10-12/h3-10,17H,11H2,1-2H3,(H2,21,22,24,25)/t17-/m0/s1. The van der Waals surface area contributed by atoms with Gasteiger partial charge < -0.3 is 14.8 Å². The number of carbonyl (C=O) groups excluding carboxylic acids is 3. The molecule has 142 valence electrons. The average molecular weight is 374 g/mol. The van der Waals surface area contributed by atoms with Gasteiger partial charge in [-0.2, -0.15) is 0 Å². The summed E-state index contributed by atoms with van der Waals surface area (Å²) in [5.74, 6) is -2.10. The fraction of sp³-hybridized carbons (Fsp3) is 0.211. The van der Waals surface area contributed by atoms with Crippen LogP contribution in [0.5, 0.6) is 5.75 Å². The van der Waals surface area contributed by atoms with Crippen molar-refractivity contribution >= 4 is 17.9 Å². The third-order valence-electron chi connectivity index (χ3n) is 3.62. The molecule has 27 heavy (non-hydrogen) atoms. The van der Waals surface area contributed by atoms with Gasteiger partial charge in [0.1, 0.15) is 0 Å². The first-order valence-corrected chi connectivity index (χ1v) is 8.04. The van der Waals surface area contributed by atoms with Crippen molar-refractivity contribution in [1.82, 2.24) is 10.6 Å². The molecular formula is C19H19FN2O5. The highest BCUT2D eigenvalue weighted by Crippen LogP contribution is 2.21. The molecule has 0 unspecified atom stereocenters. The number of rotatable bonds is 6. The van der Waals surface area contributed by atoms with Crippen LogP contribution in [0.2, 0.25) is 0 Å². The Morgan fingerprint density at radius 2 is 1.81 bits per heavy atom. The highest BCUT2D eigenvalue weighted by molar-refractivity contribution is 5.97. The van der Waals surface area contributed by atoms with E-state index in [1.54, 1.807) is 30.3 Å². The van der Waals surface area contributed by atoms with Gasteiger partial charge in [0, 0.05) is 12.6 Å². The van der Waals surface area contributed by atoms with E-state index in [0.717, 1.165) is 6.07 Å².